The van der Waals surface area contributed by atoms with Crippen molar-refractivity contribution in [3.05, 3.63) is 174 Å². The quantitative estimate of drug-likeness (QED) is 0.185. The van der Waals surface area contributed by atoms with Gasteiger partial charge in [0.25, 0.3) is 0 Å². The third kappa shape index (κ3) is 4.66. The first kappa shape index (κ1) is 29.4. The van der Waals surface area contributed by atoms with Crippen molar-refractivity contribution in [3.63, 3.8) is 0 Å². The number of thioether (sulfide) groups is 1. The highest BCUT2D eigenvalue weighted by molar-refractivity contribution is 8.03. The Hall–Kier alpha value is -6.30. The zero-order valence-electron chi connectivity index (χ0n) is 28.0. The molecule has 0 spiro atoms. The molecule has 2 aliphatic rings. The fraction of sp³-hybridized carbons (Fsp3) is 0.0426. The average Bonchev–Trinajstić information content (AvgIpc) is 3.79. The smallest absolute Gasteiger partial charge is 0.164 e. The van der Waals surface area contributed by atoms with Crippen LogP contribution in [0.15, 0.2) is 172 Å². The number of aromatic nitrogens is 3. The van der Waals surface area contributed by atoms with Gasteiger partial charge in [0, 0.05) is 32.7 Å². The number of hydrogen-bond acceptors (Lipinski definition) is 5. The summed E-state index contributed by atoms with van der Waals surface area (Å²) < 4.78 is 6.68. The standard InChI is InChI=1S/C47H29N3OS/c1-2-12-29(13-3-1)37-27-40-43(35-17-7-6-15-33(35)37)44-36(18-10-19-39(44)51-40)47-49-45(31-22-21-28-11-4-5-14-30(28)25-31)48-46(50-47)32-23-24-42-38(26-32)34-16-8-9-20-41(34)52-42/h1-25,27,38H,26H2. The summed E-state index contributed by atoms with van der Waals surface area (Å²) in [6, 6.07) is 51.2. The number of benzene rings is 7. The molecular weight excluding hydrogens is 655 g/mol. The molecule has 5 heteroatoms. The van der Waals surface area contributed by atoms with Gasteiger partial charge in [-0.25, -0.2) is 15.0 Å². The molecule has 1 unspecified atom stereocenters. The lowest BCUT2D eigenvalue weighted by Gasteiger charge is -2.19. The van der Waals surface area contributed by atoms with Gasteiger partial charge in [-0.05, 0) is 79.4 Å². The largest absolute Gasteiger partial charge is 0.456 e. The minimum absolute atomic E-state index is 0.303. The van der Waals surface area contributed by atoms with Gasteiger partial charge in [-0.15, -0.1) is 0 Å². The summed E-state index contributed by atoms with van der Waals surface area (Å²) in [4.78, 5) is 18.5. The molecule has 244 valence electrons. The van der Waals surface area contributed by atoms with E-state index in [2.05, 4.69) is 146 Å². The van der Waals surface area contributed by atoms with Crippen LogP contribution in [0.4, 0.5) is 0 Å². The monoisotopic (exact) mass is 683 g/mol. The topological polar surface area (TPSA) is 51.8 Å². The minimum atomic E-state index is 0.303. The Morgan fingerprint density at radius 1 is 0.519 bits per heavy atom. The number of allylic oxidation sites excluding steroid dienone is 4. The van der Waals surface area contributed by atoms with E-state index in [1.807, 2.05) is 23.9 Å². The van der Waals surface area contributed by atoms with E-state index < -0.39 is 0 Å². The number of nitrogens with zero attached hydrogens (tertiary/aromatic N) is 3. The summed E-state index contributed by atoms with van der Waals surface area (Å²) in [5.74, 6) is 2.30. The number of furan rings is 1. The molecule has 9 aromatic rings. The van der Waals surface area contributed by atoms with Crippen molar-refractivity contribution >= 4 is 60.8 Å². The van der Waals surface area contributed by atoms with Crippen LogP contribution in [0.25, 0.3) is 83.0 Å². The lowest BCUT2D eigenvalue weighted by molar-refractivity contribution is 0.669. The minimum Gasteiger partial charge on any atom is -0.456 e. The van der Waals surface area contributed by atoms with Gasteiger partial charge in [-0.2, -0.15) is 0 Å². The first-order chi connectivity index (χ1) is 25.7. The molecule has 3 heterocycles. The molecule has 1 aliphatic heterocycles. The predicted octanol–water partition coefficient (Wildman–Crippen LogP) is 12.6. The summed E-state index contributed by atoms with van der Waals surface area (Å²) >= 11 is 1.88. The normalized spacial score (nSPS) is 15.2. The summed E-state index contributed by atoms with van der Waals surface area (Å²) in [7, 11) is 0. The van der Waals surface area contributed by atoms with E-state index in [0.717, 1.165) is 67.0 Å². The van der Waals surface area contributed by atoms with Crippen LogP contribution in [0.5, 0.6) is 0 Å². The van der Waals surface area contributed by atoms with Crippen molar-refractivity contribution in [2.24, 2.45) is 0 Å². The molecule has 0 radical (unpaired) electrons. The van der Waals surface area contributed by atoms with Gasteiger partial charge in [0.05, 0.1) is 0 Å². The Morgan fingerprint density at radius 3 is 2.21 bits per heavy atom. The third-order valence-electron chi connectivity index (χ3n) is 10.5. The Bertz CT molecular complexity index is 2980. The highest BCUT2D eigenvalue weighted by Gasteiger charge is 2.32. The van der Waals surface area contributed by atoms with Gasteiger partial charge in [0.15, 0.2) is 17.5 Å². The van der Waals surface area contributed by atoms with Crippen molar-refractivity contribution in [2.75, 3.05) is 0 Å². The Kier molecular flexibility index (Phi) is 6.58. The van der Waals surface area contributed by atoms with Gasteiger partial charge in [-0.3, -0.25) is 0 Å². The van der Waals surface area contributed by atoms with Crippen LogP contribution < -0.4 is 0 Å². The van der Waals surface area contributed by atoms with E-state index in [1.54, 1.807) is 0 Å². The lowest BCUT2D eigenvalue weighted by Crippen LogP contribution is -2.07. The highest BCUT2D eigenvalue weighted by atomic mass is 32.2. The first-order valence-electron chi connectivity index (χ1n) is 17.6. The predicted molar refractivity (Wildman–Crippen MR) is 214 cm³/mol. The summed E-state index contributed by atoms with van der Waals surface area (Å²) in [6.45, 7) is 0. The molecule has 4 nitrogen and oxygen atoms in total. The summed E-state index contributed by atoms with van der Waals surface area (Å²) in [6.07, 6.45) is 5.30. The van der Waals surface area contributed by atoms with Crippen LogP contribution in [-0.2, 0) is 0 Å². The van der Waals surface area contributed by atoms with Crippen molar-refractivity contribution in [3.8, 4) is 33.9 Å². The number of fused-ring (bicyclic) bond motifs is 9. The van der Waals surface area contributed by atoms with Crippen molar-refractivity contribution in [1.82, 2.24) is 15.0 Å². The fourth-order valence-corrected chi connectivity index (χ4v) is 9.25. The average molecular weight is 684 g/mol. The van der Waals surface area contributed by atoms with E-state index >= 15 is 0 Å². The van der Waals surface area contributed by atoms with E-state index in [1.165, 1.54) is 26.1 Å². The van der Waals surface area contributed by atoms with Crippen LogP contribution in [0.3, 0.4) is 0 Å². The molecule has 1 aliphatic carbocycles. The van der Waals surface area contributed by atoms with Crippen molar-refractivity contribution in [2.45, 2.75) is 17.2 Å². The molecule has 0 bridgehead atoms. The second-order valence-electron chi connectivity index (χ2n) is 13.5. The number of rotatable bonds is 4. The fourth-order valence-electron chi connectivity index (χ4n) is 8.03. The zero-order chi connectivity index (χ0) is 34.2. The Balaban J connectivity index is 1.14. The van der Waals surface area contributed by atoms with Crippen molar-refractivity contribution < 1.29 is 4.42 Å². The lowest BCUT2D eigenvalue weighted by atomic mass is 9.88. The van der Waals surface area contributed by atoms with Gasteiger partial charge >= 0.3 is 0 Å². The molecule has 0 saturated carbocycles. The summed E-state index contributed by atoms with van der Waals surface area (Å²) in [5, 5.41) is 6.73. The Morgan fingerprint density at radius 2 is 1.29 bits per heavy atom. The van der Waals surface area contributed by atoms with Gasteiger partial charge in [0.1, 0.15) is 11.2 Å². The van der Waals surface area contributed by atoms with Gasteiger partial charge in [-0.1, -0.05) is 145 Å². The molecule has 1 atom stereocenters. The molecule has 7 aromatic carbocycles. The van der Waals surface area contributed by atoms with E-state index in [-0.39, 0.29) is 0 Å². The maximum absolute atomic E-state index is 6.68. The van der Waals surface area contributed by atoms with Crippen LogP contribution in [0.2, 0.25) is 0 Å². The molecule has 0 fully saturated rings. The second kappa shape index (κ2) is 11.6. The van der Waals surface area contributed by atoms with Gasteiger partial charge in [0.2, 0.25) is 0 Å². The van der Waals surface area contributed by atoms with Crippen LogP contribution in [0.1, 0.15) is 23.7 Å². The Labute approximate surface area is 304 Å². The molecule has 0 N–H and O–H groups in total. The van der Waals surface area contributed by atoms with Crippen LogP contribution >= 0.6 is 11.8 Å². The molecular formula is C47H29N3OS. The summed E-state index contributed by atoms with van der Waals surface area (Å²) in [5.41, 5.74) is 8.33. The third-order valence-corrected chi connectivity index (χ3v) is 11.7. The molecule has 0 saturated heterocycles. The highest BCUT2D eigenvalue weighted by Crippen LogP contribution is 2.53. The van der Waals surface area contributed by atoms with Crippen molar-refractivity contribution in [1.29, 1.82) is 0 Å². The van der Waals surface area contributed by atoms with E-state index in [9.17, 15) is 0 Å². The SMILES string of the molecule is C1=C(c2nc(-c3ccc4ccccc4c3)nc(-c3cccc4oc5cc(-c6ccccc6)c6ccccc6c5c34)n2)CC2C(=C1)Sc1ccccc12. The molecule has 2 aromatic heterocycles. The van der Waals surface area contributed by atoms with E-state index in [0.29, 0.717) is 23.4 Å². The zero-order valence-corrected chi connectivity index (χ0v) is 28.8. The molecule has 0 amide bonds. The maximum atomic E-state index is 6.68. The van der Waals surface area contributed by atoms with E-state index in [4.69, 9.17) is 19.4 Å². The molecule has 52 heavy (non-hydrogen) atoms. The van der Waals surface area contributed by atoms with Gasteiger partial charge < -0.3 is 4.42 Å². The van der Waals surface area contributed by atoms with Crippen LogP contribution in [-0.4, -0.2) is 15.0 Å². The second-order valence-corrected chi connectivity index (χ2v) is 14.6. The maximum Gasteiger partial charge on any atom is 0.164 e. The first-order valence-corrected chi connectivity index (χ1v) is 18.4. The van der Waals surface area contributed by atoms with Crippen LogP contribution in [0, 0.1) is 0 Å². The number of hydrogen-bond donors (Lipinski definition) is 0. The molecule has 11 rings (SSSR count).